The number of aliphatic carboxylic acids is 1. The summed E-state index contributed by atoms with van der Waals surface area (Å²) in [6, 6.07) is 2.08. The van der Waals surface area contributed by atoms with E-state index in [1.807, 2.05) is 0 Å². The monoisotopic (exact) mass is 483 g/mol. The molecule has 0 unspecified atom stereocenters. The van der Waals surface area contributed by atoms with Crippen molar-refractivity contribution in [1.29, 1.82) is 5.26 Å². The summed E-state index contributed by atoms with van der Waals surface area (Å²) < 4.78 is 36.1. The summed E-state index contributed by atoms with van der Waals surface area (Å²) in [6.07, 6.45) is -4.22. The molecular formula is C20H24F3N7O4. The first kappa shape index (κ1) is 26.5. The Morgan fingerprint density at radius 1 is 1.24 bits per heavy atom. The number of fused-ring (bicyclic) bond motifs is 1. The highest BCUT2D eigenvalue weighted by atomic mass is 19.4. The molecular weight excluding hydrogens is 459 g/mol. The zero-order valence-corrected chi connectivity index (χ0v) is 18.6. The van der Waals surface area contributed by atoms with Crippen molar-refractivity contribution >= 4 is 23.1 Å². The molecule has 0 saturated carbocycles. The molecule has 0 aromatic carbocycles. The SMILES string of the molecule is CC#CCn1c(N2CCNCC2)nc2c1c(=O)n(C)c(=O)n2CCCC#N.O=C(O)C(F)(F)F. The van der Waals surface area contributed by atoms with E-state index < -0.39 is 17.8 Å². The third-order valence-electron chi connectivity index (χ3n) is 4.94. The third kappa shape index (κ3) is 5.96. The molecule has 1 saturated heterocycles. The minimum atomic E-state index is -5.08. The summed E-state index contributed by atoms with van der Waals surface area (Å²) >= 11 is 0. The van der Waals surface area contributed by atoms with Crippen LogP contribution in [0.1, 0.15) is 19.8 Å². The van der Waals surface area contributed by atoms with Gasteiger partial charge in [-0.25, -0.2) is 9.59 Å². The lowest BCUT2D eigenvalue weighted by Gasteiger charge is -2.28. The predicted molar refractivity (Wildman–Crippen MR) is 116 cm³/mol. The molecule has 184 valence electrons. The number of piperazine rings is 1. The molecule has 1 fully saturated rings. The van der Waals surface area contributed by atoms with Crippen LogP contribution >= 0.6 is 0 Å². The van der Waals surface area contributed by atoms with Gasteiger partial charge in [0.2, 0.25) is 5.95 Å². The maximum Gasteiger partial charge on any atom is 0.490 e. The Balaban J connectivity index is 0.000000509. The molecule has 0 bridgehead atoms. The van der Waals surface area contributed by atoms with Gasteiger partial charge in [-0.15, -0.1) is 5.92 Å². The Morgan fingerprint density at radius 2 is 1.85 bits per heavy atom. The topological polar surface area (TPSA) is 138 Å². The summed E-state index contributed by atoms with van der Waals surface area (Å²) in [5, 5.41) is 19.2. The Hall–Kier alpha value is -3.78. The Morgan fingerprint density at radius 3 is 2.38 bits per heavy atom. The maximum absolute atomic E-state index is 12.9. The van der Waals surface area contributed by atoms with Gasteiger partial charge in [-0.3, -0.25) is 18.5 Å². The van der Waals surface area contributed by atoms with Crippen LogP contribution in [-0.4, -0.2) is 62.1 Å². The molecule has 2 aromatic rings. The first-order chi connectivity index (χ1) is 16.0. The number of unbranched alkanes of at least 4 members (excludes halogenated alkanes) is 1. The van der Waals surface area contributed by atoms with Gasteiger partial charge in [0.25, 0.3) is 5.56 Å². The number of hydrogen-bond donors (Lipinski definition) is 2. The fourth-order valence-corrected chi connectivity index (χ4v) is 3.28. The van der Waals surface area contributed by atoms with Gasteiger partial charge in [-0.1, -0.05) is 5.92 Å². The molecule has 11 nitrogen and oxygen atoms in total. The smallest absolute Gasteiger partial charge is 0.475 e. The van der Waals surface area contributed by atoms with E-state index >= 15 is 0 Å². The van der Waals surface area contributed by atoms with Gasteiger partial charge in [0.05, 0.1) is 12.6 Å². The summed E-state index contributed by atoms with van der Waals surface area (Å²) in [5.74, 6) is 3.77. The number of rotatable bonds is 5. The molecule has 3 heterocycles. The molecule has 1 aliphatic rings. The van der Waals surface area contributed by atoms with Gasteiger partial charge in [0.1, 0.15) is 0 Å². The van der Waals surface area contributed by atoms with Crippen LogP contribution in [0.2, 0.25) is 0 Å². The molecule has 0 atom stereocenters. The van der Waals surface area contributed by atoms with Crippen LogP contribution in [0, 0.1) is 23.2 Å². The van der Waals surface area contributed by atoms with Gasteiger partial charge >= 0.3 is 17.8 Å². The Kier molecular flexibility index (Phi) is 8.86. The predicted octanol–water partition coefficient (Wildman–Crippen LogP) is 0.267. The van der Waals surface area contributed by atoms with E-state index in [1.54, 1.807) is 11.5 Å². The lowest BCUT2D eigenvalue weighted by Crippen LogP contribution is -2.44. The van der Waals surface area contributed by atoms with Crippen molar-refractivity contribution in [3.63, 3.8) is 0 Å². The lowest BCUT2D eigenvalue weighted by molar-refractivity contribution is -0.192. The van der Waals surface area contributed by atoms with Crippen molar-refractivity contribution in [2.24, 2.45) is 7.05 Å². The molecule has 0 amide bonds. The number of aromatic nitrogens is 4. The number of alkyl halides is 3. The summed E-state index contributed by atoms with van der Waals surface area (Å²) in [7, 11) is 1.47. The van der Waals surface area contributed by atoms with Crippen molar-refractivity contribution < 1.29 is 23.1 Å². The zero-order chi connectivity index (χ0) is 25.5. The van der Waals surface area contributed by atoms with Crippen molar-refractivity contribution in [2.45, 2.75) is 39.0 Å². The van der Waals surface area contributed by atoms with Crippen LogP contribution in [0.15, 0.2) is 9.59 Å². The van der Waals surface area contributed by atoms with Gasteiger partial charge < -0.3 is 15.3 Å². The van der Waals surface area contributed by atoms with E-state index in [2.05, 4.69) is 28.1 Å². The average Bonchev–Trinajstić information content (AvgIpc) is 3.18. The van der Waals surface area contributed by atoms with Crippen molar-refractivity contribution in [3.8, 4) is 17.9 Å². The number of aryl methyl sites for hydroxylation is 1. The number of carboxylic acid groups (broad SMARTS) is 1. The van der Waals surface area contributed by atoms with Gasteiger partial charge in [-0.05, 0) is 13.3 Å². The van der Waals surface area contributed by atoms with Crippen molar-refractivity contribution in [2.75, 3.05) is 31.1 Å². The summed E-state index contributed by atoms with van der Waals surface area (Å²) in [4.78, 5) is 41.2. The standard InChI is InChI=1S/C18H23N7O2.C2HF3O2/c1-3-4-10-24-14-15(21-17(24)23-12-8-20-9-13-23)25(11-6-5-7-19)18(27)22(2)16(14)26;3-2(4,5)1(6)7/h20H,5-6,8-13H2,1-2H3;(H,6,7). The summed E-state index contributed by atoms with van der Waals surface area (Å²) in [6.45, 7) is 5.61. The first-order valence-corrected chi connectivity index (χ1v) is 10.3. The second kappa shape index (κ2) is 11.4. The van der Waals surface area contributed by atoms with Gasteiger partial charge in [-0.2, -0.15) is 23.4 Å². The summed E-state index contributed by atoms with van der Waals surface area (Å²) in [5.41, 5.74) is -0.0420. The highest BCUT2D eigenvalue weighted by molar-refractivity contribution is 5.75. The molecule has 0 aliphatic carbocycles. The second-order valence-electron chi connectivity index (χ2n) is 7.20. The second-order valence-corrected chi connectivity index (χ2v) is 7.20. The number of carbonyl (C=O) groups is 1. The van der Waals surface area contributed by atoms with Gasteiger partial charge in [0.15, 0.2) is 11.2 Å². The van der Waals surface area contributed by atoms with E-state index in [0.717, 1.165) is 30.7 Å². The number of halogens is 3. The van der Waals surface area contributed by atoms with E-state index in [-0.39, 0.29) is 5.56 Å². The molecule has 14 heteroatoms. The number of imidazole rings is 1. The largest absolute Gasteiger partial charge is 0.490 e. The van der Waals surface area contributed by atoms with E-state index in [9.17, 15) is 22.8 Å². The zero-order valence-electron chi connectivity index (χ0n) is 18.6. The number of hydrogen-bond acceptors (Lipinski definition) is 7. The molecule has 0 spiro atoms. The molecule has 2 aromatic heterocycles. The average molecular weight is 483 g/mol. The van der Waals surface area contributed by atoms with E-state index in [4.69, 9.17) is 20.1 Å². The Bertz CT molecular complexity index is 1250. The highest BCUT2D eigenvalue weighted by Gasteiger charge is 2.38. The molecule has 2 N–H and O–H groups in total. The minimum Gasteiger partial charge on any atom is -0.475 e. The van der Waals surface area contributed by atoms with Crippen LogP contribution in [0.4, 0.5) is 19.1 Å². The molecule has 3 rings (SSSR count). The fourth-order valence-electron chi connectivity index (χ4n) is 3.28. The maximum atomic E-state index is 12.9. The molecule has 1 aliphatic heterocycles. The number of carboxylic acids is 1. The molecule has 0 radical (unpaired) electrons. The quantitative estimate of drug-likeness (QED) is 0.457. The van der Waals surface area contributed by atoms with Crippen LogP contribution < -0.4 is 21.5 Å². The van der Waals surface area contributed by atoms with Crippen LogP contribution in [0.3, 0.4) is 0 Å². The normalized spacial score (nSPS) is 13.5. The van der Waals surface area contributed by atoms with Crippen molar-refractivity contribution in [3.05, 3.63) is 20.8 Å². The van der Waals surface area contributed by atoms with Crippen LogP contribution in [-0.2, 0) is 24.9 Å². The first-order valence-electron chi connectivity index (χ1n) is 10.3. The van der Waals surface area contributed by atoms with E-state index in [1.165, 1.54) is 11.6 Å². The highest BCUT2D eigenvalue weighted by Crippen LogP contribution is 2.20. The number of anilines is 1. The third-order valence-corrected chi connectivity index (χ3v) is 4.94. The lowest BCUT2D eigenvalue weighted by atomic mass is 10.3. The number of nitriles is 1. The Labute approximate surface area is 192 Å². The van der Waals surface area contributed by atoms with Crippen LogP contribution in [0.5, 0.6) is 0 Å². The minimum absolute atomic E-state index is 0.331. The molecule has 34 heavy (non-hydrogen) atoms. The van der Waals surface area contributed by atoms with E-state index in [0.29, 0.717) is 43.0 Å². The van der Waals surface area contributed by atoms with Crippen LogP contribution in [0.25, 0.3) is 11.2 Å². The fraction of sp³-hybridized carbons (Fsp3) is 0.550. The van der Waals surface area contributed by atoms with Gasteiger partial charge in [0, 0.05) is 46.2 Å². The number of nitrogens with one attached hydrogen (secondary N) is 1. The number of nitrogens with zero attached hydrogens (tertiary/aromatic N) is 6. The van der Waals surface area contributed by atoms with Crippen molar-refractivity contribution in [1.82, 2.24) is 24.0 Å².